The molecule has 1 aromatic carbocycles. The Bertz CT molecular complexity index is 444. The number of nitrogens with two attached hydrogens (primary N) is 1. The van der Waals surface area contributed by atoms with Crippen LogP contribution in [0.1, 0.15) is 5.56 Å². The number of nitriles is 1. The van der Waals surface area contributed by atoms with Gasteiger partial charge in [0.25, 0.3) is 0 Å². The second-order valence-corrected chi connectivity index (χ2v) is 4.07. The molecule has 0 bridgehead atoms. The third-order valence-corrected chi connectivity index (χ3v) is 2.80. The predicted molar refractivity (Wildman–Crippen MR) is 61.4 cm³/mol. The minimum Gasteiger partial charge on any atom is -0.398 e. The van der Waals surface area contributed by atoms with Crippen LogP contribution in [-0.2, 0) is 11.3 Å². The van der Waals surface area contributed by atoms with E-state index in [0.29, 0.717) is 25.4 Å². The van der Waals surface area contributed by atoms with Crippen LogP contribution < -0.4 is 5.73 Å². The summed E-state index contributed by atoms with van der Waals surface area (Å²) in [6.07, 6.45) is -0.384. The molecule has 5 heteroatoms. The fourth-order valence-corrected chi connectivity index (χ4v) is 1.87. The molecule has 0 spiro atoms. The number of halogens is 1. The first-order chi connectivity index (χ1) is 8.19. The van der Waals surface area contributed by atoms with E-state index in [1.54, 1.807) is 6.07 Å². The van der Waals surface area contributed by atoms with Gasteiger partial charge in [-0.2, -0.15) is 5.26 Å². The molecule has 4 nitrogen and oxygen atoms in total. The minimum atomic E-state index is -0.384. The SMILES string of the molecule is N#CC1CN(Cc2ccc(F)cc2N)CCO1. The Labute approximate surface area is 99.4 Å². The van der Waals surface area contributed by atoms with Crippen LogP contribution in [0.5, 0.6) is 0 Å². The maximum atomic E-state index is 12.9. The number of anilines is 1. The van der Waals surface area contributed by atoms with Crippen molar-refractivity contribution < 1.29 is 9.13 Å². The fourth-order valence-electron chi connectivity index (χ4n) is 1.87. The van der Waals surface area contributed by atoms with Crippen molar-refractivity contribution in [3.8, 4) is 6.07 Å². The van der Waals surface area contributed by atoms with Gasteiger partial charge in [0.2, 0.25) is 0 Å². The minimum absolute atomic E-state index is 0.330. The van der Waals surface area contributed by atoms with Crippen LogP contribution in [0.15, 0.2) is 18.2 Å². The van der Waals surface area contributed by atoms with Crippen molar-refractivity contribution in [2.45, 2.75) is 12.6 Å². The Kier molecular flexibility index (Phi) is 3.57. The number of morpholine rings is 1. The second-order valence-electron chi connectivity index (χ2n) is 4.07. The van der Waals surface area contributed by atoms with Crippen molar-refractivity contribution in [3.05, 3.63) is 29.6 Å². The summed E-state index contributed by atoms with van der Waals surface area (Å²) in [5.74, 6) is -0.330. The van der Waals surface area contributed by atoms with Crippen LogP contribution in [0.25, 0.3) is 0 Å². The van der Waals surface area contributed by atoms with Gasteiger partial charge in [-0.05, 0) is 17.7 Å². The molecule has 2 rings (SSSR count). The number of hydrogen-bond acceptors (Lipinski definition) is 4. The summed E-state index contributed by atoms with van der Waals surface area (Å²) in [5.41, 5.74) is 7.07. The molecule has 0 saturated carbocycles. The Hall–Kier alpha value is -1.64. The lowest BCUT2D eigenvalue weighted by Crippen LogP contribution is -2.41. The van der Waals surface area contributed by atoms with Gasteiger partial charge in [0, 0.05) is 25.3 Å². The van der Waals surface area contributed by atoms with Gasteiger partial charge in [0.15, 0.2) is 6.10 Å². The van der Waals surface area contributed by atoms with E-state index in [1.807, 2.05) is 0 Å². The largest absolute Gasteiger partial charge is 0.398 e. The lowest BCUT2D eigenvalue weighted by molar-refractivity contribution is -0.00262. The quantitative estimate of drug-likeness (QED) is 0.781. The molecule has 0 aliphatic carbocycles. The van der Waals surface area contributed by atoms with Gasteiger partial charge in [0.1, 0.15) is 5.82 Å². The Balaban J connectivity index is 2.03. The molecule has 1 heterocycles. The summed E-state index contributed by atoms with van der Waals surface area (Å²) >= 11 is 0. The summed E-state index contributed by atoms with van der Waals surface area (Å²) in [6, 6.07) is 6.48. The predicted octanol–water partition coefficient (Wildman–Crippen LogP) is 1.13. The molecular formula is C12H14FN3O. The van der Waals surface area contributed by atoms with E-state index in [0.717, 1.165) is 12.1 Å². The summed E-state index contributed by atoms with van der Waals surface area (Å²) < 4.78 is 18.1. The third-order valence-electron chi connectivity index (χ3n) is 2.80. The number of nitrogens with zero attached hydrogens (tertiary/aromatic N) is 2. The molecule has 1 aromatic rings. The molecule has 1 aliphatic rings. The zero-order valence-corrected chi connectivity index (χ0v) is 9.40. The van der Waals surface area contributed by atoms with Gasteiger partial charge in [-0.1, -0.05) is 6.07 Å². The average molecular weight is 235 g/mol. The lowest BCUT2D eigenvalue weighted by atomic mass is 10.1. The van der Waals surface area contributed by atoms with Crippen molar-refractivity contribution in [2.75, 3.05) is 25.4 Å². The molecule has 0 radical (unpaired) electrons. The molecule has 1 unspecified atom stereocenters. The topological polar surface area (TPSA) is 62.3 Å². The second kappa shape index (κ2) is 5.13. The molecule has 1 saturated heterocycles. The fraction of sp³-hybridized carbons (Fsp3) is 0.417. The van der Waals surface area contributed by atoms with Crippen LogP contribution in [0, 0.1) is 17.1 Å². The Morgan fingerprint density at radius 3 is 3.12 bits per heavy atom. The Morgan fingerprint density at radius 1 is 1.59 bits per heavy atom. The molecule has 0 amide bonds. The van der Waals surface area contributed by atoms with Gasteiger partial charge < -0.3 is 10.5 Å². The molecule has 0 aromatic heterocycles. The van der Waals surface area contributed by atoms with E-state index in [1.165, 1.54) is 12.1 Å². The van der Waals surface area contributed by atoms with Crippen molar-refractivity contribution >= 4 is 5.69 Å². The van der Waals surface area contributed by atoms with Crippen molar-refractivity contribution in [3.63, 3.8) is 0 Å². The first-order valence-corrected chi connectivity index (χ1v) is 5.46. The summed E-state index contributed by atoms with van der Waals surface area (Å²) in [6.45, 7) is 2.48. The summed E-state index contributed by atoms with van der Waals surface area (Å²) in [5, 5.41) is 8.79. The van der Waals surface area contributed by atoms with E-state index in [9.17, 15) is 4.39 Å². The first kappa shape index (κ1) is 11.8. The Morgan fingerprint density at radius 2 is 2.41 bits per heavy atom. The van der Waals surface area contributed by atoms with Crippen molar-refractivity contribution in [2.24, 2.45) is 0 Å². The first-order valence-electron chi connectivity index (χ1n) is 5.46. The van der Waals surface area contributed by atoms with Gasteiger partial charge in [-0.25, -0.2) is 4.39 Å². The number of nitrogen functional groups attached to an aromatic ring is 1. The van der Waals surface area contributed by atoms with Crippen LogP contribution in [0.4, 0.5) is 10.1 Å². The molecular weight excluding hydrogens is 221 g/mol. The van der Waals surface area contributed by atoms with E-state index in [-0.39, 0.29) is 11.9 Å². The molecule has 2 N–H and O–H groups in total. The van der Waals surface area contributed by atoms with Crippen LogP contribution >= 0.6 is 0 Å². The van der Waals surface area contributed by atoms with E-state index < -0.39 is 0 Å². The van der Waals surface area contributed by atoms with Crippen LogP contribution in [0.2, 0.25) is 0 Å². The van der Waals surface area contributed by atoms with Gasteiger partial charge >= 0.3 is 0 Å². The lowest BCUT2D eigenvalue weighted by Gasteiger charge is -2.29. The molecule has 1 fully saturated rings. The highest BCUT2D eigenvalue weighted by molar-refractivity contribution is 5.46. The number of hydrogen-bond donors (Lipinski definition) is 1. The van der Waals surface area contributed by atoms with E-state index in [4.69, 9.17) is 15.7 Å². The van der Waals surface area contributed by atoms with E-state index in [2.05, 4.69) is 11.0 Å². The molecule has 17 heavy (non-hydrogen) atoms. The molecule has 1 atom stereocenters. The normalized spacial score (nSPS) is 21.1. The zero-order valence-electron chi connectivity index (χ0n) is 9.40. The number of ether oxygens (including phenoxy) is 1. The highest BCUT2D eigenvalue weighted by Crippen LogP contribution is 2.17. The standard InChI is InChI=1S/C12H14FN3O/c13-10-2-1-9(12(15)5-10)7-16-3-4-17-11(6-14)8-16/h1-2,5,11H,3-4,7-8,15H2. The maximum Gasteiger partial charge on any atom is 0.156 e. The maximum absolute atomic E-state index is 12.9. The number of benzene rings is 1. The molecule has 1 aliphatic heterocycles. The number of rotatable bonds is 2. The summed E-state index contributed by atoms with van der Waals surface area (Å²) in [7, 11) is 0. The van der Waals surface area contributed by atoms with Crippen LogP contribution in [0.3, 0.4) is 0 Å². The van der Waals surface area contributed by atoms with Crippen molar-refractivity contribution in [1.29, 1.82) is 5.26 Å². The third kappa shape index (κ3) is 2.93. The molecule has 90 valence electrons. The van der Waals surface area contributed by atoms with Gasteiger partial charge in [-0.15, -0.1) is 0 Å². The zero-order chi connectivity index (χ0) is 12.3. The van der Waals surface area contributed by atoms with Gasteiger partial charge in [-0.3, -0.25) is 4.90 Å². The monoisotopic (exact) mass is 235 g/mol. The highest BCUT2D eigenvalue weighted by Gasteiger charge is 2.20. The highest BCUT2D eigenvalue weighted by atomic mass is 19.1. The average Bonchev–Trinajstić information content (AvgIpc) is 2.33. The summed E-state index contributed by atoms with van der Waals surface area (Å²) in [4.78, 5) is 2.08. The van der Waals surface area contributed by atoms with Gasteiger partial charge in [0.05, 0.1) is 12.7 Å². The smallest absolute Gasteiger partial charge is 0.156 e. The van der Waals surface area contributed by atoms with Crippen LogP contribution in [-0.4, -0.2) is 30.7 Å². The van der Waals surface area contributed by atoms with Crippen molar-refractivity contribution in [1.82, 2.24) is 4.90 Å². The van der Waals surface area contributed by atoms with E-state index >= 15 is 0 Å².